The fraction of sp³-hybridized carbons (Fsp3) is 0.364. The number of terminal acetylenes is 1. The normalized spacial score (nSPS) is 17.1. The average molecular weight is 206 g/mol. The molecule has 0 aromatic carbocycles. The molecule has 0 heterocycles. The van der Waals surface area contributed by atoms with Crippen LogP contribution in [0.3, 0.4) is 0 Å². The Kier molecular flexibility index (Phi) is 4.10. The van der Waals surface area contributed by atoms with E-state index in [2.05, 4.69) is 10.8 Å². The van der Waals surface area contributed by atoms with Gasteiger partial charge in [0.15, 0.2) is 0 Å². The van der Waals surface area contributed by atoms with Gasteiger partial charge < -0.3 is 10.6 Å². The van der Waals surface area contributed by atoms with E-state index >= 15 is 0 Å². The second-order valence-corrected chi connectivity index (χ2v) is 3.41. The second-order valence-electron chi connectivity index (χ2n) is 3.41. The van der Waals surface area contributed by atoms with Crippen LogP contribution in [0.15, 0.2) is 23.3 Å². The van der Waals surface area contributed by atoms with Crippen molar-refractivity contribution >= 4 is 5.97 Å². The maximum atomic E-state index is 11.0. The highest BCUT2D eigenvalue weighted by Crippen LogP contribution is 2.21. The molecule has 0 fully saturated rings. The van der Waals surface area contributed by atoms with Gasteiger partial charge >= 0.3 is 5.97 Å². The van der Waals surface area contributed by atoms with Crippen molar-refractivity contribution in [3.8, 4) is 12.3 Å². The second kappa shape index (κ2) is 5.35. The van der Waals surface area contributed by atoms with Crippen LogP contribution < -0.4 is 11.6 Å². The third-order valence-corrected chi connectivity index (χ3v) is 2.32. The van der Waals surface area contributed by atoms with Crippen molar-refractivity contribution in [2.24, 2.45) is 11.6 Å². The van der Waals surface area contributed by atoms with Crippen LogP contribution in [0.4, 0.5) is 0 Å². The van der Waals surface area contributed by atoms with Gasteiger partial charge in [0, 0.05) is 5.57 Å². The first kappa shape index (κ1) is 11.5. The summed E-state index contributed by atoms with van der Waals surface area (Å²) >= 11 is 0. The molecular weight excluding hydrogens is 192 g/mol. The highest BCUT2D eigenvalue weighted by atomic mass is 16.7. The summed E-state index contributed by atoms with van der Waals surface area (Å²) in [6.07, 6.45) is 11.2. The third kappa shape index (κ3) is 3.24. The molecule has 0 saturated heterocycles. The van der Waals surface area contributed by atoms with E-state index in [1.54, 1.807) is 0 Å². The molecule has 0 spiro atoms. The van der Waals surface area contributed by atoms with Gasteiger partial charge in [-0.25, -0.2) is 4.79 Å². The minimum atomic E-state index is -0.693. The van der Waals surface area contributed by atoms with Crippen LogP contribution >= 0.6 is 0 Å². The van der Waals surface area contributed by atoms with Crippen LogP contribution in [0.1, 0.15) is 19.3 Å². The maximum absolute atomic E-state index is 11.0. The fourth-order valence-corrected chi connectivity index (χ4v) is 1.42. The van der Waals surface area contributed by atoms with E-state index in [0.717, 1.165) is 24.0 Å². The predicted octanol–water partition coefficient (Wildman–Crippen LogP) is 0.400. The van der Waals surface area contributed by atoms with Gasteiger partial charge in [0.25, 0.3) is 0 Å². The van der Waals surface area contributed by atoms with E-state index in [1.807, 2.05) is 12.2 Å². The van der Waals surface area contributed by atoms with E-state index < -0.39 is 12.0 Å². The lowest BCUT2D eigenvalue weighted by Crippen LogP contribution is -2.34. The third-order valence-electron chi connectivity index (χ3n) is 2.32. The van der Waals surface area contributed by atoms with Gasteiger partial charge in [0.2, 0.25) is 0 Å². The minimum absolute atomic E-state index is 0.463. The summed E-state index contributed by atoms with van der Waals surface area (Å²) in [4.78, 5) is 15.0. The molecular formula is C11H14N2O2. The number of carbonyl (C=O) groups is 1. The lowest BCUT2D eigenvalue weighted by Gasteiger charge is -2.14. The highest BCUT2D eigenvalue weighted by Gasteiger charge is 2.17. The van der Waals surface area contributed by atoms with Crippen molar-refractivity contribution in [3.05, 3.63) is 23.3 Å². The molecule has 1 aliphatic rings. The molecule has 1 rings (SSSR count). The molecule has 1 unspecified atom stereocenters. The van der Waals surface area contributed by atoms with Gasteiger partial charge in [0.05, 0.1) is 0 Å². The number of allylic oxidation sites excluding steroid dienone is 3. The molecule has 1 aliphatic carbocycles. The van der Waals surface area contributed by atoms with Crippen molar-refractivity contribution in [3.63, 3.8) is 0 Å². The Bertz CT molecular complexity index is 350. The van der Waals surface area contributed by atoms with Gasteiger partial charge in [0.1, 0.15) is 6.04 Å². The number of hydrogen-bond donors (Lipinski definition) is 2. The zero-order valence-electron chi connectivity index (χ0n) is 8.40. The Morgan fingerprint density at radius 2 is 2.33 bits per heavy atom. The molecule has 4 nitrogen and oxygen atoms in total. The molecule has 0 amide bonds. The number of hydrogen-bond acceptors (Lipinski definition) is 4. The van der Waals surface area contributed by atoms with E-state index in [4.69, 9.17) is 18.1 Å². The van der Waals surface area contributed by atoms with Crippen molar-refractivity contribution < 1.29 is 9.63 Å². The first-order chi connectivity index (χ1) is 7.17. The molecule has 1 atom stereocenters. The standard InChI is InChI=1S/C11H14N2O2/c1-2-8-3-5-9(6-4-8)7-10(12)11(14)15-13/h1,3,5,10H,4,6-7,12-13H2. The first-order valence-electron chi connectivity index (χ1n) is 4.68. The van der Waals surface area contributed by atoms with Crippen molar-refractivity contribution in [1.82, 2.24) is 0 Å². The van der Waals surface area contributed by atoms with E-state index in [0.29, 0.717) is 6.42 Å². The Hall–Kier alpha value is -1.57. The van der Waals surface area contributed by atoms with E-state index in [1.165, 1.54) is 0 Å². The van der Waals surface area contributed by atoms with Crippen LogP contribution in [0.25, 0.3) is 0 Å². The number of rotatable bonds is 3. The predicted molar refractivity (Wildman–Crippen MR) is 57.1 cm³/mol. The average Bonchev–Trinajstić information content (AvgIpc) is 2.29. The van der Waals surface area contributed by atoms with Gasteiger partial charge in [-0.3, -0.25) is 0 Å². The largest absolute Gasteiger partial charge is 0.372 e. The summed E-state index contributed by atoms with van der Waals surface area (Å²) in [7, 11) is 0. The summed E-state index contributed by atoms with van der Waals surface area (Å²) in [5.41, 5.74) is 7.63. The lowest BCUT2D eigenvalue weighted by molar-refractivity contribution is -0.145. The summed E-state index contributed by atoms with van der Waals surface area (Å²) in [6, 6.07) is -0.693. The van der Waals surface area contributed by atoms with Gasteiger partial charge in [-0.05, 0) is 19.3 Å². The van der Waals surface area contributed by atoms with Crippen LogP contribution in [-0.2, 0) is 9.63 Å². The molecule has 4 heteroatoms. The molecule has 0 bridgehead atoms. The molecule has 80 valence electrons. The summed E-state index contributed by atoms with van der Waals surface area (Å²) in [5.74, 6) is 6.72. The Morgan fingerprint density at radius 3 is 2.80 bits per heavy atom. The van der Waals surface area contributed by atoms with Gasteiger partial charge in [-0.15, -0.1) is 6.42 Å². The molecule has 0 aromatic heterocycles. The molecule has 0 radical (unpaired) electrons. The van der Waals surface area contributed by atoms with Crippen molar-refractivity contribution in [1.29, 1.82) is 0 Å². The minimum Gasteiger partial charge on any atom is -0.372 e. The Balaban J connectivity index is 2.55. The number of nitrogens with two attached hydrogens (primary N) is 2. The zero-order chi connectivity index (χ0) is 11.3. The summed E-state index contributed by atoms with van der Waals surface area (Å²) in [5, 5.41) is 0. The van der Waals surface area contributed by atoms with E-state index in [-0.39, 0.29) is 0 Å². The maximum Gasteiger partial charge on any atom is 0.341 e. The van der Waals surface area contributed by atoms with Crippen LogP contribution in [0, 0.1) is 12.3 Å². The van der Waals surface area contributed by atoms with E-state index in [9.17, 15) is 4.79 Å². The van der Waals surface area contributed by atoms with Gasteiger partial charge in [-0.2, -0.15) is 5.90 Å². The smallest absolute Gasteiger partial charge is 0.341 e. The number of carbonyl (C=O) groups excluding carboxylic acids is 1. The molecule has 15 heavy (non-hydrogen) atoms. The monoisotopic (exact) mass is 206 g/mol. The molecule has 4 N–H and O–H groups in total. The first-order valence-corrected chi connectivity index (χ1v) is 4.68. The summed E-state index contributed by atoms with van der Waals surface area (Å²) in [6.45, 7) is 0. The van der Waals surface area contributed by atoms with Crippen molar-refractivity contribution in [2.75, 3.05) is 0 Å². The molecule has 0 saturated carbocycles. The topological polar surface area (TPSA) is 78.3 Å². The zero-order valence-corrected chi connectivity index (χ0v) is 8.40. The summed E-state index contributed by atoms with van der Waals surface area (Å²) < 4.78 is 0. The lowest BCUT2D eigenvalue weighted by atomic mass is 9.94. The SMILES string of the molecule is C#CC1=CC=C(CC(N)C(=O)ON)CC1. The Morgan fingerprint density at radius 1 is 1.60 bits per heavy atom. The fourth-order valence-electron chi connectivity index (χ4n) is 1.42. The van der Waals surface area contributed by atoms with Crippen LogP contribution in [-0.4, -0.2) is 12.0 Å². The quantitative estimate of drug-likeness (QED) is 0.517. The Labute approximate surface area is 88.9 Å². The molecule has 0 aliphatic heterocycles. The van der Waals surface area contributed by atoms with Gasteiger partial charge in [-0.1, -0.05) is 23.6 Å². The highest BCUT2D eigenvalue weighted by molar-refractivity contribution is 5.75. The van der Waals surface area contributed by atoms with Crippen LogP contribution in [0.2, 0.25) is 0 Å². The molecule has 0 aromatic rings. The van der Waals surface area contributed by atoms with Crippen molar-refractivity contribution in [2.45, 2.75) is 25.3 Å². The van der Waals surface area contributed by atoms with Crippen LogP contribution in [0.5, 0.6) is 0 Å².